The van der Waals surface area contributed by atoms with Crippen LogP contribution in [0.2, 0.25) is 0 Å². The highest BCUT2D eigenvalue weighted by atomic mass is 32.2. The number of nitrogens with one attached hydrogen (secondary N) is 1. The van der Waals surface area contributed by atoms with Crippen LogP contribution >= 0.6 is 11.8 Å². The molecule has 2 atom stereocenters. The van der Waals surface area contributed by atoms with E-state index in [9.17, 15) is 9.90 Å². The molecule has 1 aromatic heterocycles. The normalized spacial score (nSPS) is 13.6. The van der Waals surface area contributed by atoms with E-state index in [1.54, 1.807) is 22.6 Å². The summed E-state index contributed by atoms with van der Waals surface area (Å²) in [7, 11) is 0. The highest BCUT2D eigenvalue weighted by Crippen LogP contribution is 2.12. The molecule has 1 amide bonds. The van der Waals surface area contributed by atoms with Gasteiger partial charge in [0.05, 0.1) is 18.7 Å². The first-order chi connectivity index (χ1) is 10.6. The maximum absolute atomic E-state index is 12.1. The van der Waals surface area contributed by atoms with Crippen molar-refractivity contribution >= 4 is 17.7 Å². The van der Waals surface area contributed by atoms with E-state index < -0.39 is 0 Å². The third-order valence-electron chi connectivity index (χ3n) is 3.50. The molecule has 22 heavy (non-hydrogen) atoms. The molecule has 0 aliphatic heterocycles. The zero-order chi connectivity index (χ0) is 15.9. The molecule has 1 aromatic carbocycles. The Kier molecular flexibility index (Phi) is 6.03. The summed E-state index contributed by atoms with van der Waals surface area (Å²) in [4.78, 5) is 12.1. The molecule has 0 saturated heterocycles. The predicted molar refractivity (Wildman–Crippen MR) is 89.3 cm³/mol. The lowest BCUT2D eigenvalue weighted by molar-refractivity contribution is -0.121. The van der Waals surface area contributed by atoms with Crippen molar-refractivity contribution in [1.29, 1.82) is 0 Å². The molecule has 0 aliphatic rings. The molecule has 0 radical (unpaired) electrons. The van der Waals surface area contributed by atoms with Crippen molar-refractivity contribution in [3.63, 3.8) is 0 Å². The first kappa shape index (κ1) is 16.6. The smallest absolute Gasteiger partial charge is 0.224 e. The number of carbonyl (C=O) groups excluding carboxylic acids is 1. The van der Waals surface area contributed by atoms with Crippen LogP contribution in [0.5, 0.6) is 0 Å². The third kappa shape index (κ3) is 4.35. The van der Waals surface area contributed by atoms with Crippen LogP contribution in [0.25, 0.3) is 5.69 Å². The number of carbonyl (C=O) groups is 1. The summed E-state index contributed by atoms with van der Waals surface area (Å²) in [5.74, 6) is -0.0353. The van der Waals surface area contributed by atoms with Crippen LogP contribution < -0.4 is 5.32 Å². The molecule has 2 aromatic rings. The standard InChI is InChI=1S/C16H21N3O2S/c1-12(15(11-20)22-2)18-16(21)10-13-4-6-14(7-5-13)19-9-3-8-17-19/h3-9,12,15,20H,10-11H2,1-2H3,(H,18,21)/t12-,15+/m0/s1. The molecule has 0 bridgehead atoms. The van der Waals surface area contributed by atoms with Crippen LogP contribution in [-0.4, -0.2) is 44.9 Å². The van der Waals surface area contributed by atoms with Crippen molar-refractivity contribution in [3.05, 3.63) is 48.3 Å². The molecule has 2 rings (SSSR count). The molecular formula is C16H21N3O2S. The number of aromatic nitrogens is 2. The minimum absolute atomic E-state index is 0.0196. The van der Waals surface area contributed by atoms with Gasteiger partial charge in [0.1, 0.15) is 0 Å². The number of nitrogens with zero attached hydrogens (tertiary/aromatic N) is 2. The summed E-state index contributed by atoms with van der Waals surface area (Å²) in [6, 6.07) is 9.55. The summed E-state index contributed by atoms with van der Waals surface area (Å²) < 4.78 is 1.77. The van der Waals surface area contributed by atoms with Crippen LogP contribution in [0.4, 0.5) is 0 Å². The van der Waals surface area contributed by atoms with Gasteiger partial charge in [-0.1, -0.05) is 12.1 Å². The van der Waals surface area contributed by atoms with E-state index in [1.807, 2.05) is 49.7 Å². The Morgan fingerprint density at radius 3 is 2.68 bits per heavy atom. The van der Waals surface area contributed by atoms with E-state index in [4.69, 9.17) is 0 Å². The quantitative estimate of drug-likeness (QED) is 0.814. The summed E-state index contributed by atoms with van der Waals surface area (Å²) >= 11 is 1.55. The fourth-order valence-corrected chi connectivity index (χ4v) is 2.83. The molecular weight excluding hydrogens is 298 g/mol. The van der Waals surface area contributed by atoms with E-state index in [0.717, 1.165) is 11.3 Å². The molecule has 0 spiro atoms. The van der Waals surface area contributed by atoms with E-state index in [-0.39, 0.29) is 23.8 Å². The largest absolute Gasteiger partial charge is 0.395 e. The van der Waals surface area contributed by atoms with E-state index in [1.165, 1.54) is 0 Å². The second-order valence-corrected chi connectivity index (χ2v) is 6.18. The average molecular weight is 319 g/mol. The van der Waals surface area contributed by atoms with Gasteiger partial charge in [0, 0.05) is 23.7 Å². The van der Waals surface area contributed by atoms with Gasteiger partial charge >= 0.3 is 0 Å². The second-order valence-electron chi connectivity index (χ2n) is 5.11. The minimum Gasteiger partial charge on any atom is -0.395 e. The summed E-state index contributed by atoms with van der Waals surface area (Å²) in [6.45, 7) is 1.97. The summed E-state index contributed by atoms with van der Waals surface area (Å²) in [5.41, 5.74) is 1.91. The van der Waals surface area contributed by atoms with Crippen molar-refractivity contribution in [1.82, 2.24) is 15.1 Å². The van der Waals surface area contributed by atoms with Gasteiger partial charge in [-0.2, -0.15) is 16.9 Å². The first-order valence-electron chi connectivity index (χ1n) is 7.16. The average Bonchev–Trinajstić information content (AvgIpc) is 3.03. The number of rotatable bonds is 7. The van der Waals surface area contributed by atoms with Crippen LogP contribution in [-0.2, 0) is 11.2 Å². The van der Waals surface area contributed by atoms with E-state index >= 15 is 0 Å². The van der Waals surface area contributed by atoms with Gasteiger partial charge in [0.25, 0.3) is 0 Å². The monoisotopic (exact) mass is 319 g/mol. The van der Waals surface area contributed by atoms with Crippen LogP contribution in [0.15, 0.2) is 42.7 Å². The zero-order valence-electron chi connectivity index (χ0n) is 12.8. The van der Waals surface area contributed by atoms with Gasteiger partial charge in [0.2, 0.25) is 5.91 Å². The number of thioether (sulfide) groups is 1. The van der Waals surface area contributed by atoms with Crippen molar-refractivity contribution in [2.24, 2.45) is 0 Å². The molecule has 6 heteroatoms. The van der Waals surface area contributed by atoms with Crippen molar-refractivity contribution in [3.8, 4) is 5.69 Å². The molecule has 1 heterocycles. The summed E-state index contributed by atoms with van der Waals surface area (Å²) in [5, 5.41) is 16.4. The Morgan fingerprint density at radius 1 is 1.41 bits per heavy atom. The van der Waals surface area contributed by atoms with Gasteiger partial charge in [-0.15, -0.1) is 0 Å². The molecule has 0 saturated carbocycles. The van der Waals surface area contributed by atoms with Gasteiger partial charge in [-0.25, -0.2) is 4.68 Å². The van der Waals surface area contributed by atoms with Crippen molar-refractivity contribution < 1.29 is 9.90 Å². The molecule has 118 valence electrons. The predicted octanol–water partition coefficient (Wildman–Crippen LogP) is 1.64. The SMILES string of the molecule is CS[C@H](CO)[C@H](C)NC(=O)Cc1ccc(-n2cccn2)cc1. The fraction of sp³-hybridized carbons (Fsp3) is 0.375. The zero-order valence-corrected chi connectivity index (χ0v) is 13.6. The van der Waals surface area contributed by atoms with Gasteiger partial charge < -0.3 is 10.4 Å². The Balaban J connectivity index is 1.92. The summed E-state index contributed by atoms with van der Waals surface area (Å²) in [6.07, 6.45) is 5.86. The van der Waals surface area contributed by atoms with Crippen LogP contribution in [0, 0.1) is 0 Å². The van der Waals surface area contributed by atoms with Gasteiger partial charge in [-0.3, -0.25) is 4.79 Å². The number of hydrogen-bond donors (Lipinski definition) is 2. The molecule has 0 fully saturated rings. The Morgan fingerprint density at radius 2 is 2.14 bits per heavy atom. The first-order valence-corrected chi connectivity index (χ1v) is 8.44. The van der Waals surface area contributed by atoms with Crippen molar-refractivity contribution in [2.45, 2.75) is 24.6 Å². The lowest BCUT2D eigenvalue weighted by atomic mass is 10.1. The number of aliphatic hydroxyl groups is 1. The number of benzene rings is 1. The highest BCUT2D eigenvalue weighted by Gasteiger charge is 2.17. The van der Waals surface area contributed by atoms with E-state index in [0.29, 0.717) is 6.42 Å². The van der Waals surface area contributed by atoms with E-state index in [2.05, 4.69) is 10.4 Å². The number of hydrogen-bond acceptors (Lipinski definition) is 4. The van der Waals surface area contributed by atoms with Crippen molar-refractivity contribution in [2.75, 3.05) is 12.9 Å². The molecule has 2 N–H and O–H groups in total. The maximum atomic E-state index is 12.1. The van der Waals surface area contributed by atoms with Gasteiger partial charge in [-0.05, 0) is 36.9 Å². The second kappa shape index (κ2) is 8.00. The molecule has 0 unspecified atom stereocenters. The lowest BCUT2D eigenvalue weighted by Gasteiger charge is -2.21. The molecule has 5 nitrogen and oxygen atoms in total. The highest BCUT2D eigenvalue weighted by molar-refractivity contribution is 7.99. The molecule has 0 aliphatic carbocycles. The number of aliphatic hydroxyl groups excluding tert-OH is 1. The Hall–Kier alpha value is -1.79. The fourth-order valence-electron chi connectivity index (χ4n) is 2.21. The third-order valence-corrected chi connectivity index (χ3v) is 4.66. The minimum atomic E-state index is -0.0594. The number of amides is 1. The Bertz CT molecular complexity index is 580. The maximum Gasteiger partial charge on any atom is 0.224 e. The Labute approximate surface area is 134 Å². The van der Waals surface area contributed by atoms with Crippen LogP contribution in [0.3, 0.4) is 0 Å². The van der Waals surface area contributed by atoms with Crippen LogP contribution in [0.1, 0.15) is 12.5 Å². The lowest BCUT2D eigenvalue weighted by Crippen LogP contribution is -2.41. The van der Waals surface area contributed by atoms with Gasteiger partial charge in [0.15, 0.2) is 0 Å². The topological polar surface area (TPSA) is 67.2 Å².